The third kappa shape index (κ3) is 3.18. The van der Waals surface area contributed by atoms with E-state index < -0.39 is 9.84 Å². The minimum atomic E-state index is -3.01. The minimum absolute atomic E-state index is 0.0146. The van der Waals surface area contributed by atoms with Gasteiger partial charge < -0.3 is 4.90 Å². The number of amides is 1. The van der Waals surface area contributed by atoms with Gasteiger partial charge in [0.2, 0.25) is 5.91 Å². The third-order valence-electron chi connectivity index (χ3n) is 2.85. The van der Waals surface area contributed by atoms with Crippen LogP contribution in [0.15, 0.2) is 0 Å². The lowest BCUT2D eigenvalue weighted by atomic mass is 10.2. The van der Waals surface area contributed by atoms with E-state index in [0.717, 1.165) is 12.8 Å². The summed E-state index contributed by atoms with van der Waals surface area (Å²) in [5.41, 5.74) is 0. The van der Waals surface area contributed by atoms with Crippen LogP contribution in [0.25, 0.3) is 0 Å². The molecule has 1 amide bonds. The van der Waals surface area contributed by atoms with Crippen LogP contribution in [-0.4, -0.2) is 50.0 Å². The van der Waals surface area contributed by atoms with Crippen LogP contribution in [-0.2, 0) is 14.6 Å². The van der Waals surface area contributed by atoms with Crippen molar-refractivity contribution in [3.8, 4) is 0 Å². The predicted molar refractivity (Wildman–Crippen MR) is 62.7 cm³/mol. The molecule has 2 atom stereocenters. The summed E-state index contributed by atoms with van der Waals surface area (Å²) in [7, 11) is -3.01. The Balaban J connectivity index is 2.66. The normalized spacial score (nSPS) is 26.4. The van der Waals surface area contributed by atoms with Gasteiger partial charge in [0.1, 0.15) is 9.84 Å². The predicted octanol–water partition coefficient (Wildman–Crippen LogP) is -0.0225. The van der Waals surface area contributed by atoms with Gasteiger partial charge in [0, 0.05) is 12.8 Å². The maximum Gasteiger partial charge on any atom is 0.241 e. The number of carbonyl (C=O) groups excluding carboxylic acids is 1. The number of sulfone groups is 1. The molecule has 94 valence electrons. The molecule has 0 spiro atoms. The molecule has 0 aromatic heterocycles. The summed E-state index contributed by atoms with van der Waals surface area (Å²) in [4.78, 5) is 13.5. The second-order valence-electron chi connectivity index (χ2n) is 4.21. The van der Waals surface area contributed by atoms with E-state index in [1.54, 1.807) is 4.90 Å². The maximum atomic E-state index is 11.9. The fourth-order valence-corrected chi connectivity index (χ4v) is 2.44. The van der Waals surface area contributed by atoms with Crippen molar-refractivity contribution >= 4 is 15.7 Å². The molecule has 6 heteroatoms. The second kappa shape index (κ2) is 5.14. The zero-order valence-electron chi connectivity index (χ0n) is 10.1. The molecule has 16 heavy (non-hydrogen) atoms. The standard InChI is InChI=1S/C10H20N2O3S/c1-4-8-10(13)12(9(5-2)11-8)6-7-16(3,14)15/h8-9,11H,4-7H2,1-3H3. The molecule has 1 aliphatic rings. The highest BCUT2D eigenvalue weighted by Crippen LogP contribution is 2.15. The molecule has 0 aromatic carbocycles. The summed E-state index contributed by atoms with van der Waals surface area (Å²) >= 11 is 0. The summed E-state index contributed by atoms with van der Waals surface area (Å²) < 4.78 is 22.2. The van der Waals surface area contributed by atoms with Crippen molar-refractivity contribution < 1.29 is 13.2 Å². The number of nitrogens with one attached hydrogen (secondary N) is 1. The Labute approximate surface area is 97.1 Å². The highest BCUT2D eigenvalue weighted by molar-refractivity contribution is 7.90. The van der Waals surface area contributed by atoms with Gasteiger partial charge in [-0.15, -0.1) is 0 Å². The second-order valence-corrected chi connectivity index (χ2v) is 6.47. The fraction of sp³-hybridized carbons (Fsp3) is 0.900. The van der Waals surface area contributed by atoms with Gasteiger partial charge in [0.15, 0.2) is 0 Å². The Bertz CT molecular complexity index is 353. The number of nitrogens with zero attached hydrogens (tertiary/aromatic N) is 1. The van der Waals surface area contributed by atoms with Gasteiger partial charge in [-0.05, 0) is 12.8 Å². The summed E-state index contributed by atoms with van der Waals surface area (Å²) in [5, 5.41) is 3.21. The molecule has 5 nitrogen and oxygen atoms in total. The first-order valence-corrected chi connectivity index (χ1v) is 7.69. The van der Waals surface area contributed by atoms with Gasteiger partial charge in [0.05, 0.1) is 18.0 Å². The average molecular weight is 248 g/mol. The number of hydrogen-bond donors (Lipinski definition) is 1. The van der Waals surface area contributed by atoms with Crippen LogP contribution >= 0.6 is 0 Å². The Morgan fingerprint density at radius 3 is 2.38 bits per heavy atom. The molecule has 1 heterocycles. The number of rotatable bonds is 5. The van der Waals surface area contributed by atoms with Crippen molar-refractivity contribution in [1.82, 2.24) is 10.2 Å². The van der Waals surface area contributed by atoms with Gasteiger partial charge in [-0.2, -0.15) is 0 Å². The van der Waals surface area contributed by atoms with Gasteiger partial charge >= 0.3 is 0 Å². The molecule has 1 saturated heterocycles. The molecule has 0 radical (unpaired) electrons. The Morgan fingerprint density at radius 2 is 1.94 bits per heavy atom. The lowest BCUT2D eigenvalue weighted by molar-refractivity contribution is -0.129. The Hall–Kier alpha value is -0.620. The van der Waals surface area contributed by atoms with Crippen LogP contribution < -0.4 is 5.32 Å². The topological polar surface area (TPSA) is 66.5 Å². The van der Waals surface area contributed by atoms with Crippen molar-refractivity contribution in [1.29, 1.82) is 0 Å². The van der Waals surface area contributed by atoms with E-state index in [0.29, 0.717) is 6.54 Å². The van der Waals surface area contributed by atoms with E-state index in [9.17, 15) is 13.2 Å². The highest BCUT2D eigenvalue weighted by atomic mass is 32.2. The zero-order chi connectivity index (χ0) is 12.3. The maximum absolute atomic E-state index is 11.9. The summed E-state index contributed by atoms with van der Waals surface area (Å²) in [6.45, 7) is 4.22. The van der Waals surface area contributed by atoms with Crippen molar-refractivity contribution in [3.63, 3.8) is 0 Å². The van der Waals surface area contributed by atoms with Crippen molar-refractivity contribution in [2.75, 3.05) is 18.6 Å². The molecule has 0 aromatic rings. The quantitative estimate of drug-likeness (QED) is 0.742. The molecule has 1 N–H and O–H groups in total. The van der Waals surface area contributed by atoms with Crippen LogP contribution in [0.3, 0.4) is 0 Å². The molecule has 0 bridgehead atoms. The van der Waals surface area contributed by atoms with E-state index in [2.05, 4.69) is 5.32 Å². The third-order valence-corrected chi connectivity index (χ3v) is 3.77. The lowest BCUT2D eigenvalue weighted by Gasteiger charge is -2.22. The van der Waals surface area contributed by atoms with Crippen molar-refractivity contribution in [3.05, 3.63) is 0 Å². The van der Waals surface area contributed by atoms with E-state index in [-0.39, 0.29) is 23.9 Å². The smallest absolute Gasteiger partial charge is 0.241 e. The molecule has 2 unspecified atom stereocenters. The van der Waals surface area contributed by atoms with Crippen LogP contribution in [0.5, 0.6) is 0 Å². The van der Waals surface area contributed by atoms with Crippen molar-refractivity contribution in [2.24, 2.45) is 0 Å². The van der Waals surface area contributed by atoms with Gasteiger partial charge in [0.25, 0.3) is 0 Å². The molecular weight excluding hydrogens is 228 g/mol. The van der Waals surface area contributed by atoms with E-state index in [1.807, 2.05) is 13.8 Å². The van der Waals surface area contributed by atoms with Crippen LogP contribution in [0.2, 0.25) is 0 Å². The molecular formula is C10H20N2O3S. The van der Waals surface area contributed by atoms with Crippen molar-refractivity contribution in [2.45, 2.75) is 38.9 Å². The van der Waals surface area contributed by atoms with Crippen LogP contribution in [0, 0.1) is 0 Å². The van der Waals surface area contributed by atoms with Gasteiger partial charge in [-0.25, -0.2) is 8.42 Å². The Kier molecular flexibility index (Phi) is 4.32. The summed E-state index contributed by atoms with van der Waals surface area (Å²) in [5.74, 6) is 0.0610. The van der Waals surface area contributed by atoms with Gasteiger partial charge in [-0.3, -0.25) is 10.1 Å². The summed E-state index contributed by atoms with van der Waals surface area (Å²) in [6, 6.07) is -0.149. The van der Waals surface area contributed by atoms with Crippen LogP contribution in [0.4, 0.5) is 0 Å². The molecule has 1 aliphatic heterocycles. The number of carbonyl (C=O) groups is 1. The minimum Gasteiger partial charge on any atom is -0.325 e. The SMILES string of the molecule is CCC1NC(CC)N(CCS(C)(=O)=O)C1=O. The average Bonchev–Trinajstić information content (AvgIpc) is 2.50. The first kappa shape index (κ1) is 13.4. The first-order chi connectivity index (χ1) is 7.39. The van der Waals surface area contributed by atoms with E-state index in [1.165, 1.54) is 6.26 Å². The highest BCUT2D eigenvalue weighted by Gasteiger charge is 2.36. The molecule has 0 saturated carbocycles. The number of hydrogen-bond acceptors (Lipinski definition) is 4. The zero-order valence-corrected chi connectivity index (χ0v) is 10.9. The largest absolute Gasteiger partial charge is 0.325 e. The first-order valence-electron chi connectivity index (χ1n) is 5.63. The van der Waals surface area contributed by atoms with E-state index in [4.69, 9.17) is 0 Å². The lowest BCUT2D eigenvalue weighted by Crippen LogP contribution is -2.39. The molecule has 1 rings (SSSR count). The fourth-order valence-electron chi connectivity index (χ4n) is 1.91. The Morgan fingerprint density at radius 1 is 1.31 bits per heavy atom. The van der Waals surface area contributed by atoms with Crippen LogP contribution in [0.1, 0.15) is 26.7 Å². The molecule has 0 aliphatic carbocycles. The summed E-state index contributed by atoms with van der Waals surface area (Å²) in [6.07, 6.45) is 2.72. The monoisotopic (exact) mass is 248 g/mol. The van der Waals surface area contributed by atoms with E-state index >= 15 is 0 Å². The molecule has 1 fully saturated rings. The van der Waals surface area contributed by atoms with Gasteiger partial charge in [-0.1, -0.05) is 13.8 Å².